The summed E-state index contributed by atoms with van der Waals surface area (Å²) >= 11 is 0. The zero-order valence-corrected chi connectivity index (χ0v) is 9.20. The summed E-state index contributed by atoms with van der Waals surface area (Å²) in [5, 5.41) is 7.15. The van der Waals surface area contributed by atoms with E-state index in [1.54, 1.807) is 6.20 Å². The Balaban J connectivity index is 2.85. The number of nitrogens with zero attached hydrogens (tertiary/aromatic N) is 1. The van der Waals surface area contributed by atoms with Gasteiger partial charge in [0.15, 0.2) is 0 Å². The van der Waals surface area contributed by atoms with Crippen LogP contribution >= 0.6 is 0 Å². The van der Waals surface area contributed by atoms with Gasteiger partial charge in [0.25, 0.3) is 0 Å². The van der Waals surface area contributed by atoms with Crippen LogP contribution < -0.4 is 0 Å². The lowest BCUT2D eigenvalue weighted by Gasteiger charge is -1.98. The third-order valence-corrected chi connectivity index (χ3v) is 2.21. The van der Waals surface area contributed by atoms with Crippen LogP contribution in [0.3, 0.4) is 0 Å². The standard InChI is InChI=1S/C13H16N2/c1-3-12(9-14)10-15-11(2)13-7-5-4-6-8-13/h4-10,14H,3H2,1-2H3/b12-10-,14-9?,15-11?. The molecule has 0 aromatic heterocycles. The van der Waals surface area contributed by atoms with Gasteiger partial charge in [-0.1, -0.05) is 37.3 Å². The highest BCUT2D eigenvalue weighted by atomic mass is 14.7. The van der Waals surface area contributed by atoms with Gasteiger partial charge < -0.3 is 5.41 Å². The van der Waals surface area contributed by atoms with E-state index in [2.05, 4.69) is 4.99 Å². The fourth-order valence-electron chi connectivity index (χ4n) is 1.16. The lowest BCUT2D eigenvalue weighted by Crippen LogP contribution is -1.92. The van der Waals surface area contributed by atoms with Crippen molar-refractivity contribution in [3.05, 3.63) is 47.7 Å². The molecule has 1 rings (SSSR count). The molecule has 0 aliphatic heterocycles. The first-order valence-electron chi connectivity index (χ1n) is 5.07. The Morgan fingerprint density at radius 3 is 2.53 bits per heavy atom. The SMILES string of the molecule is CC/C(C=N)=C/N=C(C)c1ccccc1. The Kier molecular flexibility index (Phi) is 4.48. The predicted octanol–water partition coefficient (Wildman–Crippen LogP) is 3.44. The third-order valence-electron chi connectivity index (χ3n) is 2.21. The molecule has 2 heteroatoms. The largest absolute Gasteiger partial charge is 0.308 e. The summed E-state index contributed by atoms with van der Waals surface area (Å²) in [5.74, 6) is 0. The van der Waals surface area contributed by atoms with Crippen LogP contribution in [-0.4, -0.2) is 11.9 Å². The van der Waals surface area contributed by atoms with Crippen LogP contribution in [0.4, 0.5) is 0 Å². The summed E-state index contributed by atoms with van der Waals surface area (Å²) in [4.78, 5) is 4.34. The molecular weight excluding hydrogens is 184 g/mol. The van der Waals surface area contributed by atoms with E-state index in [-0.39, 0.29) is 0 Å². The zero-order valence-electron chi connectivity index (χ0n) is 9.20. The highest BCUT2D eigenvalue weighted by Crippen LogP contribution is 2.03. The van der Waals surface area contributed by atoms with Gasteiger partial charge in [-0.2, -0.15) is 0 Å². The maximum atomic E-state index is 7.15. The smallest absolute Gasteiger partial charge is 0.0445 e. The molecule has 0 unspecified atom stereocenters. The van der Waals surface area contributed by atoms with Crippen LogP contribution in [0.15, 0.2) is 47.1 Å². The first-order valence-corrected chi connectivity index (χ1v) is 5.07. The van der Waals surface area contributed by atoms with Crippen molar-refractivity contribution in [1.29, 1.82) is 5.41 Å². The fourth-order valence-corrected chi connectivity index (χ4v) is 1.16. The van der Waals surface area contributed by atoms with Crippen LogP contribution in [0, 0.1) is 5.41 Å². The van der Waals surface area contributed by atoms with Crippen molar-refractivity contribution in [3.63, 3.8) is 0 Å². The molecule has 0 aliphatic carbocycles. The second kappa shape index (κ2) is 5.91. The monoisotopic (exact) mass is 200 g/mol. The quantitative estimate of drug-likeness (QED) is 0.723. The average molecular weight is 200 g/mol. The Hall–Kier alpha value is -1.70. The molecule has 15 heavy (non-hydrogen) atoms. The first-order chi connectivity index (χ1) is 7.27. The van der Waals surface area contributed by atoms with Gasteiger partial charge >= 0.3 is 0 Å². The molecule has 1 N–H and O–H groups in total. The predicted molar refractivity (Wildman–Crippen MR) is 65.8 cm³/mol. The molecule has 0 atom stereocenters. The van der Waals surface area contributed by atoms with E-state index in [1.165, 1.54) is 6.21 Å². The number of aliphatic imine (C=N–C) groups is 1. The molecular formula is C13H16N2. The maximum Gasteiger partial charge on any atom is 0.0445 e. The topological polar surface area (TPSA) is 36.2 Å². The summed E-state index contributed by atoms with van der Waals surface area (Å²) in [6.07, 6.45) is 3.95. The Labute approximate surface area is 90.9 Å². The molecule has 0 saturated heterocycles. The van der Waals surface area contributed by atoms with Gasteiger partial charge in [0.1, 0.15) is 0 Å². The minimum atomic E-state index is 0.842. The van der Waals surface area contributed by atoms with Gasteiger partial charge in [0.05, 0.1) is 0 Å². The van der Waals surface area contributed by atoms with E-state index in [4.69, 9.17) is 5.41 Å². The molecule has 0 saturated carbocycles. The van der Waals surface area contributed by atoms with Crippen molar-refractivity contribution in [3.8, 4) is 0 Å². The molecule has 0 heterocycles. The summed E-state index contributed by atoms with van der Waals surface area (Å²) in [7, 11) is 0. The number of allylic oxidation sites excluding steroid dienone is 1. The maximum absolute atomic E-state index is 7.15. The van der Waals surface area contributed by atoms with E-state index in [0.29, 0.717) is 0 Å². The molecule has 0 spiro atoms. The lowest BCUT2D eigenvalue weighted by atomic mass is 10.1. The van der Waals surface area contributed by atoms with Crippen molar-refractivity contribution in [2.75, 3.05) is 0 Å². The molecule has 0 radical (unpaired) electrons. The highest BCUT2D eigenvalue weighted by Gasteiger charge is 1.93. The van der Waals surface area contributed by atoms with Crippen molar-refractivity contribution in [1.82, 2.24) is 0 Å². The minimum absolute atomic E-state index is 0.842. The van der Waals surface area contributed by atoms with Crippen molar-refractivity contribution < 1.29 is 0 Å². The Morgan fingerprint density at radius 2 is 2.00 bits per heavy atom. The number of rotatable bonds is 4. The van der Waals surface area contributed by atoms with Gasteiger partial charge in [-0.15, -0.1) is 0 Å². The number of hydrogen-bond donors (Lipinski definition) is 1. The van der Waals surface area contributed by atoms with Gasteiger partial charge in [-0.05, 0) is 24.5 Å². The average Bonchev–Trinajstić information content (AvgIpc) is 2.31. The number of benzene rings is 1. The zero-order chi connectivity index (χ0) is 11.1. The summed E-state index contributed by atoms with van der Waals surface area (Å²) in [6, 6.07) is 10.0. The van der Waals surface area contributed by atoms with Crippen LogP contribution in [0.1, 0.15) is 25.8 Å². The summed E-state index contributed by atoms with van der Waals surface area (Å²) in [6.45, 7) is 3.99. The van der Waals surface area contributed by atoms with E-state index in [0.717, 1.165) is 23.3 Å². The van der Waals surface area contributed by atoms with E-state index in [9.17, 15) is 0 Å². The molecule has 0 amide bonds. The van der Waals surface area contributed by atoms with Crippen molar-refractivity contribution in [2.24, 2.45) is 4.99 Å². The molecule has 2 nitrogen and oxygen atoms in total. The fraction of sp³-hybridized carbons (Fsp3) is 0.231. The van der Waals surface area contributed by atoms with E-state index < -0.39 is 0 Å². The molecule has 78 valence electrons. The normalized spacial score (nSPS) is 12.7. The van der Waals surface area contributed by atoms with Crippen molar-refractivity contribution in [2.45, 2.75) is 20.3 Å². The van der Waals surface area contributed by atoms with Gasteiger partial charge in [-0.3, -0.25) is 4.99 Å². The number of hydrogen-bond acceptors (Lipinski definition) is 2. The lowest BCUT2D eigenvalue weighted by molar-refractivity contribution is 1.16. The molecule has 0 aliphatic rings. The molecule has 0 fully saturated rings. The molecule has 1 aromatic carbocycles. The van der Waals surface area contributed by atoms with Gasteiger partial charge in [0.2, 0.25) is 0 Å². The van der Waals surface area contributed by atoms with Crippen LogP contribution in [0.2, 0.25) is 0 Å². The van der Waals surface area contributed by atoms with Gasteiger partial charge in [0, 0.05) is 18.1 Å². The summed E-state index contributed by atoms with van der Waals surface area (Å²) < 4.78 is 0. The highest BCUT2D eigenvalue weighted by molar-refractivity contribution is 5.99. The van der Waals surface area contributed by atoms with E-state index >= 15 is 0 Å². The third kappa shape index (κ3) is 3.50. The Morgan fingerprint density at radius 1 is 1.33 bits per heavy atom. The van der Waals surface area contributed by atoms with Crippen LogP contribution in [0.25, 0.3) is 0 Å². The van der Waals surface area contributed by atoms with Crippen LogP contribution in [0.5, 0.6) is 0 Å². The minimum Gasteiger partial charge on any atom is -0.308 e. The van der Waals surface area contributed by atoms with Crippen molar-refractivity contribution >= 4 is 11.9 Å². The van der Waals surface area contributed by atoms with E-state index in [1.807, 2.05) is 44.2 Å². The molecule has 1 aromatic rings. The summed E-state index contributed by atoms with van der Waals surface area (Å²) in [5.41, 5.74) is 3.03. The van der Waals surface area contributed by atoms with Crippen LogP contribution in [-0.2, 0) is 0 Å². The van der Waals surface area contributed by atoms with Gasteiger partial charge in [-0.25, -0.2) is 0 Å². The second-order valence-electron chi connectivity index (χ2n) is 3.28. The Bertz CT molecular complexity index is 375. The first kappa shape index (κ1) is 11.4. The second-order valence-corrected chi connectivity index (χ2v) is 3.28. The number of nitrogens with one attached hydrogen (secondary N) is 1. The molecule has 0 bridgehead atoms.